The van der Waals surface area contributed by atoms with Crippen molar-refractivity contribution >= 4 is 27.5 Å². The summed E-state index contributed by atoms with van der Waals surface area (Å²) in [5.41, 5.74) is -1.08. The van der Waals surface area contributed by atoms with Crippen molar-refractivity contribution in [1.82, 2.24) is 10.2 Å². The lowest BCUT2D eigenvalue weighted by molar-refractivity contribution is -0.140. The van der Waals surface area contributed by atoms with Crippen LogP contribution in [0.2, 0.25) is 0 Å². The average molecular weight is 604 g/mol. The van der Waals surface area contributed by atoms with E-state index in [2.05, 4.69) is 5.32 Å². The van der Waals surface area contributed by atoms with Crippen molar-refractivity contribution in [3.8, 4) is 0 Å². The molecule has 0 saturated heterocycles. The first-order valence-corrected chi connectivity index (χ1v) is 15.0. The van der Waals surface area contributed by atoms with Crippen LogP contribution in [0.5, 0.6) is 0 Å². The van der Waals surface area contributed by atoms with Gasteiger partial charge in [0.1, 0.15) is 12.6 Å². The quantitative estimate of drug-likeness (QED) is 0.306. The Morgan fingerprint density at radius 2 is 1.48 bits per heavy atom. The van der Waals surface area contributed by atoms with Crippen molar-refractivity contribution in [1.29, 1.82) is 0 Å². The smallest absolute Gasteiger partial charge is 0.350 e. The Labute approximate surface area is 245 Å². The maximum Gasteiger partial charge on any atom is 0.416 e. The minimum atomic E-state index is -4.73. The molecule has 0 aliphatic rings. The van der Waals surface area contributed by atoms with Crippen molar-refractivity contribution in [3.05, 3.63) is 96.1 Å². The van der Waals surface area contributed by atoms with Crippen molar-refractivity contribution in [2.24, 2.45) is 0 Å². The lowest BCUT2D eigenvalue weighted by atomic mass is 10.1. The van der Waals surface area contributed by atoms with Crippen LogP contribution >= 0.6 is 0 Å². The summed E-state index contributed by atoms with van der Waals surface area (Å²) in [6, 6.07) is 19.3. The third kappa shape index (κ3) is 8.58. The van der Waals surface area contributed by atoms with Crippen LogP contribution in [0.3, 0.4) is 0 Å². The zero-order valence-electron chi connectivity index (χ0n) is 24.1. The van der Waals surface area contributed by atoms with Gasteiger partial charge in [0.25, 0.3) is 10.0 Å². The van der Waals surface area contributed by atoms with Crippen LogP contribution in [0.15, 0.2) is 89.8 Å². The molecule has 226 valence electrons. The molecule has 0 aromatic heterocycles. The maximum atomic E-state index is 14.0. The Morgan fingerprint density at radius 1 is 0.881 bits per heavy atom. The van der Waals surface area contributed by atoms with Gasteiger partial charge < -0.3 is 10.2 Å². The third-order valence-electron chi connectivity index (χ3n) is 6.44. The molecule has 0 bridgehead atoms. The summed E-state index contributed by atoms with van der Waals surface area (Å²) in [7, 11) is -4.48. The van der Waals surface area contributed by atoms with Crippen LogP contribution in [-0.2, 0) is 32.2 Å². The van der Waals surface area contributed by atoms with Gasteiger partial charge in [0.15, 0.2) is 0 Å². The van der Waals surface area contributed by atoms with E-state index in [-0.39, 0.29) is 23.5 Å². The van der Waals surface area contributed by atoms with Crippen molar-refractivity contribution in [3.63, 3.8) is 0 Å². The molecule has 2 amide bonds. The van der Waals surface area contributed by atoms with E-state index in [1.807, 2.05) is 30.3 Å². The number of halogens is 3. The number of sulfonamides is 1. The Bertz CT molecular complexity index is 1460. The standard InChI is InChI=1S/C31H36F3N3O4S/c1-5-27(29(39)35-30(2,3)4)36(20-19-23-13-8-6-9-14-23)28(38)22-37(42(40,41)26-17-10-7-11-18-26)25-16-12-15-24(21-25)31(32,33)34/h6-18,21,27H,5,19-20,22H2,1-4H3,(H,35,39)/t27-/m1/s1. The number of alkyl halides is 3. The molecule has 0 unspecified atom stereocenters. The van der Waals surface area contributed by atoms with Crippen LogP contribution in [0.25, 0.3) is 0 Å². The van der Waals surface area contributed by atoms with E-state index in [0.29, 0.717) is 16.8 Å². The lowest BCUT2D eigenvalue weighted by Gasteiger charge is -2.35. The Morgan fingerprint density at radius 3 is 2.02 bits per heavy atom. The highest BCUT2D eigenvalue weighted by molar-refractivity contribution is 7.92. The lowest BCUT2D eigenvalue weighted by Crippen LogP contribution is -2.56. The summed E-state index contributed by atoms with van der Waals surface area (Å²) < 4.78 is 69.0. The number of nitrogens with zero attached hydrogens (tertiary/aromatic N) is 2. The molecule has 0 radical (unpaired) electrons. The highest BCUT2D eigenvalue weighted by Gasteiger charge is 2.36. The number of carbonyl (C=O) groups is 2. The number of rotatable bonds is 11. The first-order chi connectivity index (χ1) is 19.6. The Kier molecular flexibility index (Phi) is 10.4. The number of hydrogen-bond acceptors (Lipinski definition) is 4. The normalized spacial score (nSPS) is 12.8. The van der Waals surface area contributed by atoms with Crippen LogP contribution in [0.1, 0.15) is 45.2 Å². The number of anilines is 1. The average Bonchev–Trinajstić information content (AvgIpc) is 2.93. The van der Waals surface area contributed by atoms with Crippen LogP contribution in [0.4, 0.5) is 18.9 Å². The number of benzene rings is 3. The Hall–Kier alpha value is -3.86. The van der Waals surface area contributed by atoms with Gasteiger partial charge in [0.2, 0.25) is 11.8 Å². The van der Waals surface area contributed by atoms with E-state index in [1.165, 1.54) is 35.2 Å². The molecule has 0 aliphatic carbocycles. The van der Waals surface area contributed by atoms with E-state index in [9.17, 15) is 31.2 Å². The molecule has 1 N–H and O–H groups in total. The summed E-state index contributed by atoms with van der Waals surface area (Å²) in [4.78, 5) is 28.4. The van der Waals surface area contributed by atoms with Crippen LogP contribution in [-0.4, -0.2) is 49.8 Å². The van der Waals surface area contributed by atoms with E-state index in [1.54, 1.807) is 33.8 Å². The van der Waals surface area contributed by atoms with Gasteiger partial charge in [-0.15, -0.1) is 0 Å². The minimum absolute atomic E-state index is 0.0841. The molecule has 7 nitrogen and oxygen atoms in total. The summed E-state index contributed by atoms with van der Waals surface area (Å²) in [6.07, 6.45) is -4.12. The number of nitrogens with one attached hydrogen (secondary N) is 1. The fraction of sp³-hybridized carbons (Fsp3) is 0.355. The topological polar surface area (TPSA) is 86.8 Å². The van der Waals surface area contributed by atoms with Gasteiger partial charge in [-0.1, -0.05) is 61.5 Å². The van der Waals surface area contributed by atoms with Crippen LogP contribution < -0.4 is 9.62 Å². The number of hydrogen-bond donors (Lipinski definition) is 1. The number of carbonyl (C=O) groups excluding carboxylic acids is 2. The van der Waals surface area contributed by atoms with Crippen LogP contribution in [0, 0.1) is 0 Å². The van der Waals surface area contributed by atoms with Gasteiger partial charge in [-0.05, 0) is 69.5 Å². The second-order valence-electron chi connectivity index (χ2n) is 10.9. The summed E-state index contributed by atoms with van der Waals surface area (Å²) >= 11 is 0. The summed E-state index contributed by atoms with van der Waals surface area (Å²) in [5, 5.41) is 2.88. The van der Waals surface area contributed by atoms with E-state index < -0.39 is 51.7 Å². The molecule has 0 heterocycles. The zero-order chi connectivity index (χ0) is 31.1. The second-order valence-corrected chi connectivity index (χ2v) is 12.7. The molecule has 0 aliphatic heterocycles. The summed E-state index contributed by atoms with van der Waals surface area (Å²) in [6.45, 7) is 6.41. The van der Waals surface area contributed by atoms with Crippen molar-refractivity contribution < 1.29 is 31.2 Å². The maximum absolute atomic E-state index is 14.0. The predicted octanol–water partition coefficient (Wildman–Crippen LogP) is 5.67. The molecule has 0 spiro atoms. The predicted molar refractivity (Wildman–Crippen MR) is 156 cm³/mol. The largest absolute Gasteiger partial charge is 0.416 e. The molecule has 3 aromatic rings. The van der Waals surface area contributed by atoms with Gasteiger partial charge in [-0.25, -0.2) is 8.42 Å². The SMILES string of the molecule is CC[C@H](C(=O)NC(C)(C)C)N(CCc1ccccc1)C(=O)CN(c1cccc(C(F)(F)F)c1)S(=O)(=O)c1ccccc1. The highest BCUT2D eigenvalue weighted by Crippen LogP contribution is 2.33. The molecular weight excluding hydrogens is 567 g/mol. The first-order valence-electron chi connectivity index (χ1n) is 13.5. The third-order valence-corrected chi connectivity index (χ3v) is 8.23. The molecule has 1 atom stereocenters. The minimum Gasteiger partial charge on any atom is -0.350 e. The molecule has 42 heavy (non-hydrogen) atoms. The molecular formula is C31H36F3N3O4S. The molecule has 3 aromatic carbocycles. The van der Waals surface area contributed by atoms with Crippen molar-refractivity contribution in [2.75, 3.05) is 17.4 Å². The fourth-order valence-electron chi connectivity index (χ4n) is 4.43. The molecule has 0 fully saturated rings. The van der Waals surface area contributed by atoms with E-state index in [0.717, 1.165) is 17.7 Å². The molecule has 3 rings (SSSR count). The molecule has 0 saturated carbocycles. The highest BCUT2D eigenvalue weighted by atomic mass is 32.2. The Balaban J connectivity index is 2.07. The van der Waals surface area contributed by atoms with Gasteiger partial charge >= 0.3 is 6.18 Å². The summed E-state index contributed by atoms with van der Waals surface area (Å²) in [5.74, 6) is -1.14. The van der Waals surface area contributed by atoms with Gasteiger partial charge in [-0.2, -0.15) is 13.2 Å². The number of amides is 2. The van der Waals surface area contributed by atoms with Gasteiger partial charge in [0.05, 0.1) is 16.1 Å². The van der Waals surface area contributed by atoms with Gasteiger partial charge in [0, 0.05) is 12.1 Å². The monoisotopic (exact) mass is 603 g/mol. The van der Waals surface area contributed by atoms with E-state index in [4.69, 9.17) is 0 Å². The molecule has 11 heteroatoms. The first kappa shape index (κ1) is 32.7. The van der Waals surface area contributed by atoms with E-state index >= 15 is 0 Å². The van der Waals surface area contributed by atoms with Gasteiger partial charge in [-0.3, -0.25) is 13.9 Å². The zero-order valence-corrected chi connectivity index (χ0v) is 24.9. The van der Waals surface area contributed by atoms with Crippen molar-refractivity contribution in [2.45, 2.75) is 63.2 Å². The second kappa shape index (κ2) is 13.4. The fourth-order valence-corrected chi connectivity index (χ4v) is 5.86.